The number of morpholine rings is 1. The number of amides is 1. The summed E-state index contributed by atoms with van der Waals surface area (Å²) in [6.07, 6.45) is 0.414. The molecule has 5 nitrogen and oxygen atoms in total. The molecule has 0 radical (unpaired) electrons. The lowest BCUT2D eigenvalue weighted by Gasteiger charge is -2.35. The highest BCUT2D eigenvalue weighted by Gasteiger charge is 2.22. The molecule has 2 aromatic carbocycles. The zero-order chi connectivity index (χ0) is 20.1. The number of hydrogen-bond donors (Lipinski definition) is 1. The average Bonchev–Trinajstić information content (AvgIpc) is 2.61. The summed E-state index contributed by atoms with van der Waals surface area (Å²) in [5.41, 5.74) is 2.00. The molecule has 1 fully saturated rings. The number of hydrogen-bond acceptors (Lipinski definition) is 4. The molecule has 1 amide bonds. The zero-order valence-corrected chi connectivity index (χ0v) is 15.9. The number of alkyl halides is 2. The first kappa shape index (κ1) is 20.2. The van der Waals surface area contributed by atoms with Gasteiger partial charge >= 0.3 is 6.61 Å². The fourth-order valence-electron chi connectivity index (χ4n) is 3.39. The third-order valence-corrected chi connectivity index (χ3v) is 4.43. The topological polar surface area (TPSA) is 50.8 Å². The van der Waals surface area contributed by atoms with Crippen LogP contribution in [-0.2, 0) is 11.3 Å². The van der Waals surface area contributed by atoms with Gasteiger partial charge in [-0.25, -0.2) is 0 Å². The molecular formula is C21H24F2N2O3. The van der Waals surface area contributed by atoms with Gasteiger partial charge in [-0.15, -0.1) is 0 Å². The van der Waals surface area contributed by atoms with E-state index in [0.717, 1.165) is 25.2 Å². The van der Waals surface area contributed by atoms with Crippen molar-refractivity contribution in [2.75, 3.05) is 18.4 Å². The van der Waals surface area contributed by atoms with E-state index in [9.17, 15) is 13.6 Å². The van der Waals surface area contributed by atoms with E-state index in [4.69, 9.17) is 4.74 Å². The van der Waals surface area contributed by atoms with E-state index < -0.39 is 6.61 Å². The fraction of sp³-hybridized carbons (Fsp3) is 0.381. The minimum absolute atomic E-state index is 0.00267. The van der Waals surface area contributed by atoms with Crippen LogP contribution < -0.4 is 10.1 Å². The van der Waals surface area contributed by atoms with Crippen LogP contribution in [0.5, 0.6) is 5.75 Å². The Balaban J connectivity index is 1.59. The van der Waals surface area contributed by atoms with Crippen molar-refractivity contribution in [1.29, 1.82) is 0 Å². The summed E-state index contributed by atoms with van der Waals surface area (Å²) >= 11 is 0. The van der Waals surface area contributed by atoms with Gasteiger partial charge in [0.2, 0.25) is 0 Å². The van der Waals surface area contributed by atoms with Gasteiger partial charge in [-0.1, -0.05) is 18.2 Å². The van der Waals surface area contributed by atoms with E-state index in [1.165, 1.54) is 12.1 Å². The first-order chi connectivity index (χ1) is 13.4. The lowest BCUT2D eigenvalue weighted by Crippen LogP contribution is -2.44. The molecule has 0 aromatic heterocycles. The number of nitrogens with one attached hydrogen (secondary N) is 1. The number of carbonyl (C=O) groups excluding carboxylic acids is 1. The molecule has 28 heavy (non-hydrogen) atoms. The lowest BCUT2D eigenvalue weighted by atomic mass is 10.1. The number of benzene rings is 2. The van der Waals surface area contributed by atoms with E-state index in [2.05, 4.69) is 28.8 Å². The Bertz CT molecular complexity index is 788. The molecule has 3 rings (SSSR count). The second kappa shape index (κ2) is 9.12. The molecular weight excluding hydrogens is 366 g/mol. The summed E-state index contributed by atoms with van der Waals surface area (Å²) in [6.45, 7) is 3.78. The van der Waals surface area contributed by atoms with Gasteiger partial charge in [0, 0.05) is 37.0 Å². The van der Waals surface area contributed by atoms with Crippen LogP contribution in [0.3, 0.4) is 0 Å². The molecule has 1 saturated heterocycles. The summed E-state index contributed by atoms with van der Waals surface area (Å²) in [7, 11) is 0. The van der Waals surface area contributed by atoms with Crippen molar-refractivity contribution in [2.45, 2.75) is 39.2 Å². The van der Waals surface area contributed by atoms with Crippen molar-refractivity contribution in [1.82, 2.24) is 4.90 Å². The summed E-state index contributed by atoms with van der Waals surface area (Å²) in [5, 5.41) is 2.69. The van der Waals surface area contributed by atoms with Gasteiger partial charge < -0.3 is 14.8 Å². The van der Waals surface area contributed by atoms with Crippen LogP contribution in [0, 0.1) is 0 Å². The molecule has 1 N–H and O–H groups in total. The molecule has 1 heterocycles. The Morgan fingerprint density at radius 1 is 1.18 bits per heavy atom. The molecule has 2 unspecified atom stereocenters. The van der Waals surface area contributed by atoms with Crippen molar-refractivity contribution < 1.29 is 23.0 Å². The van der Waals surface area contributed by atoms with Gasteiger partial charge in [-0.3, -0.25) is 9.69 Å². The number of nitrogens with zero attached hydrogens (tertiary/aromatic N) is 1. The Morgan fingerprint density at radius 2 is 1.86 bits per heavy atom. The minimum atomic E-state index is -2.91. The van der Waals surface area contributed by atoms with Crippen molar-refractivity contribution in [3.05, 3.63) is 59.7 Å². The SMILES string of the molecule is CC1CN(Cc2ccc(C(=O)Nc3cccc(OC(F)F)c3)cc2)CC(C)O1. The van der Waals surface area contributed by atoms with Crippen molar-refractivity contribution in [2.24, 2.45) is 0 Å². The molecule has 0 spiro atoms. The van der Waals surface area contributed by atoms with Crippen molar-refractivity contribution in [3.63, 3.8) is 0 Å². The maximum Gasteiger partial charge on any atom is 0.387 e. The van der Waals surface area contributed by atoms with Crippen LogP contribution >= 0.6 is 0 Å². The number of anilines is 1. The highest BCUT2D eigenvalue weighted by Crippen LogP contribution is 2.20. The monoisotopic (exact) mass is 390 g/mol. The molecule has 0 aliphatic carbocycles. The van der Waals surface area contributed by atoms with Crippen molar-refractivity contribution >= 4 is 11.6 Å². The minimum Gasteiger partial charge on any atom is -0.435 e. The largest absolute Gasteiger partial charge is 0.435 e. The summed E-state index contributed by atoms with van der Waals surface area (Å²) in [5.74, 6) is -0.313. The molecule has 1 aliphatic heterocycles. The molecule has 2 atom stereocenters. The number of ether oxygens (including phenoxy) is 2. The average molecular weight is 390 g/mol. The number of rotatable bonds is 6. The highest BCUT2D eigenvalue weighted by molar-refractivity contribution is 6.04. The fourth-order valence-corrected chi connectivity index (χ4v) is 3.39. The Kier molecular flexibility index (Phi) is 6.59. The number of carbonyl (C=O) groups is 1. The Morgan fingerprint density at radius 3 is 2.50 bits per heavy atom. The Labute approximate surface area is 163 Å². The van der Waals surface area contributed by atoms with Crippen molar-refractivity contribution in [3.8, 4) is 5.75 Å². The normalized spacial score (nSPS) is 20.2. The maximum atomic E-state index is 12.4. The molecule has 1 aliphatic rings. The van der Waals surface area contributed by atoms with Crippen LogP contribution in [0.15, 0.2) is 48.5 Å². The summed E-state index contributed by atoms with van der Waals surface area (Å²) in [4.78, 5) is 14.7. The van der Waals surface area contributed by atoms with Gasteiger partial charge in [0.25, 0.3) is 5.91 Å². The molecule has 150 valence electrons. The van der Waals surface area contributed by atoms with E-state index in [-0.39, 0.29) is 23.9 Å². The van der Waals surface area contributed by atoms with E-state index >= 15 is 0 Å². The lowest BCUT2D eigenvalue weighted by molar-refractivity contribution is -0.0704. The van der Waals surface area contributed by atoms with Gasteiger partial charge in [-0.05, 0) is 43.7 Å². The van der Waals surface area contributed by atoms with E-state index in [1.807, 2.05) is 12.1 Å². The van der Waals surface area contributed by atoms with E-state index in [0.29, 0.717) is 11.3 Å². The van der Waals surface area contributed by atoms with Crippen LogP contribution in [0.2, 0.25) is 0 Å². The number of halogens is 2. The van der Waals surface area contributed by atoms with E-state index in [1.54, 1.807) is 24.3 Å². The predicted molar refractivity (Wildman–Crippen MR) is 103 cm³/mol. The van der Waals surface area contributed by atoms with Crippen LogP contribution in [0.25, 0.3) is 0 Å². The molecule has 0 bridgehead atoms. The Hall–Kier alpha value is -2.51. The van der Waals surface area contributed by atoms with Gasteiger partial charge in [0.1, 0.15) is 5.75 Å². The first-order valence-corrected chi connectivity index (χ1v) is 9.22. The molecule has 2 aromatic rings. The van der Waals surface area contributed by atoms with Crippen LogP contribution in [0.1, 0.15) is 29.8 Å². The first-order valence-electron chi connectivity index (χ1n) is 9.22. The third-order valence-electron chi connectivity index (χ3n) is 4.43. The standard InChI is InChI=1S/C21H24F2N2O3/c1-14-11-25(12-15(2)27-14)13-16-6-8-17(9-7-16)20(26)24-18-4-3-5-19(10-18)28-21(22)23/h3-10,14-15,21H,11-13H2,1-2H3,(H,24,26). The van der Waals surface area contributed by atoms with Gasteiger partial charge in [-0.2, -0.15) is 8.78 Å². The second-order valence-electron chi connectivity index (χ2n) is 7.01. The molecule has 7 heteroatoms. The quantitative estimate of drug-likeness (QED) is 0.805. The smallest absolute Gasteiger partial charge is 0.387 e. The van der Waals surface area contributed by atoms with Gasteiger partial charge in [0.05, 0.1) is 12.2 Å². The van der Waals surface area contributed by atoms with Crippen LogP contribution in [0.4, 0.5) is 14.5 Å². The van der Waals surface area contributed by atoms with Gasteiger partial charge in [0.15, 0.2) is 0 Å². The maximum absolute atomic E-state index is 12.4. The third kappa shape index (κ3) is 5.74. The predicted octanol–water partition coefficient (Wildman–Crippen LogP) is 4.15. The summed E-state index contributed by atoms with van der Waals surface area (Å²) in [6, 6.07) is 13.3. The summed E-state index contributed by atoms with van der Waals surface area (Å²) < 4.78 is 34.7. The van der Waals surface area contributed by atoms with Crippen LogP contribution in [-0.4, -0.2) is 42.7 Å². The zero-order valence-electron chi connectivity index (χ0n) is 15.9. The highest BCUT2D eigenvalue weighted by atomic mass is 19.3. The molecule has 0 saturated carbocycles. The second-order valence-corrected chi connectivity index (χ2v) is 7.01.